The van der Waals surface area contributed by atoms with Gasteiger partial charge in [-0.1, -0.05) is 95.1 Å². The van der Waals surface area contributed by atoms with Gasteiger partial charge in [-0.3, -0.25) is 0 Å². The Morgan fingerprint density at radius 2 is 1.61 bits per heavy atom. The molecular weight excluding hydrogens is 340 g/mol. The lowest BCUT2D eigenvalue weighted by atomic mass is 9.72. The topological polar surface area (TPSA) is 9.23 Å². The van der Waals surface area contributed by atoms with Gasteiger partial charge in [-0.15, -0.1) is 0 Å². The fourth-order valence-electron chi connectivity index (χ4n) is 5.10. The highest BCUT2D eigenvalue weighted by molar-refractivity contribution is 5.75. The van der Waals surface area contributed by atoms with E-state index in [0.29, 0.717) is 0 Å². The molecule has 1 atom stereocenters. The zero-order valence-corrected chi connectivity index (χ0v) is 18.2. The van der Waals surface area contributed by atoms with Crippen molar-refractivity contribution >= 4 is 5.57 Å². The molecule has 3 rings (SSSR count). The van der Waals surface area contributed by atoms with Crippen LogP contribution in [-0.2, 0) is 0 Å². The first kappa shape index (κ1) is 21.2. The van der Waals surface area contributed by atoms with Crippen molar-refractivity contribution in [1.82, 2.24) is 0 Å². The number of unbranched alkanes of at least 4 members (excludes halogenated alkanes) is 5. The Bertz CT molecular complexity index is 616. The number of ether oxygens (including phenoxy) is 1. The normalized spacial score (nSPS) is 24.8. The Morgan fingerprint density at radius 1 is 0.893 bits per heavy atom. The average molecular weight is 381 g/mol. The summed E-state index contributed by atoms with van der Waals surface area (Å²) in [6.45, 7) is 2.30. The summed E-state index contributed by atoms with van der Waals surface area (Å²) in [7, 11) is 1.72. The third-order valence-corrected chi connectivity index (χ3v) is 7.02. The van der Waals surface area contributed by atoms with Crippen LogP contribution in [0.25, 0.3) is 5.57 Å². The summed E-state index contributed by atoms with van der Waals surface area (Å²) in [5, 5.41) is 0. The van der Waals surface area contributed by atoms with E-state index < -0.39 is 0 Å². The van der Waals surface area contributed by atoms with Crippen LogP contribution in [0.4, 0.5) is 0 Å². The van der Waals surface area contributed by atoms with E-state index in [4.69, 9.17) is 4.74 Å². The van der Waals surface area contributed by atoms with Crippen LogP contribution in [0.1, 0.15) is 89.5 Å². The van der Waals surface area contributed by atoms with E-state index in [1.807, 2.05) is 0 Å². The third-order valence-electron chi connectivity index (χ3n) is 7.02. The van der Waals surface area contributed by atoms with Gasteiger partial charge < -0.3 is 4.74 Å². The minimum atomic E-state index is 0.761. The summed E-state index contributed by atoms with van der Waals surface area (Å²) in [6.07, 6.45) is 24.5. The van der Waals surface area contributed by atoms with E-state index >= 15 is 0 Å². The van der Waals surface area contributed by atoms with Crippen LogP contribution >= 0.6 is 0 Å². The summed E-state index contributed by atoms with van der Waals surface area (Å²) >= 11 is 0. The first-order chi connectivity index (χ1) is 13.8. The second-order valence-corrected chi connectivity index (χ2v) is 8.98. The van der Waals surface area contributed by atoms with Crippen molar-refractivity contribution in [2.24, 2.45) is 17.8 Å². The average Bonchev–Trinajstić information content (AvgIpc) is 2.77. The first-order valence-corrected chi connectivity index (χ1v) is 11.8. The Hall–Kier alpha value is -1.50. The van der Waals surface area contributed by atoms with Gasteiger partial charge in [0.15, 0.2) is 0 Å². The molecule has 0 N–H and O–H groups in total. The molecule has 0 heterocycles. The third kappa shape index (κ3) is 6.26. The fraction of sp³-hybridized carbons (Fsp3) is 0.630. The van der Waals surface area contributed by atoms with Crippen LogP contribution in [-0.4, -0.2) is 7.11 Å². The van der Waals surface area contributed by atoms with Gasteiger partial charge in [0, 0.05) is 0 Å². The van der Waals surface area contributed by atoms with Gasteiger partial charge in [0.2, 0.25) is 0 Å². The molecular formula is C27H40O. The van der Waals surface area contributed by atoms with Crippen LogP contribution < -0.4 is 4.74 Å². The van der Waals surface area contributed by atoms with E-state index in [-0.39, 0.29) is 0 Å². The van der Waals surface area contributed by atoms with Gasteiger partial charge in [0.05, 0.1) is 7.11 Å². The summed E-state index contributed by atoms with van der Waals surface area (Å²) < 4.78 is 5.27. The Kier molecular flexibility index (Phi) is 8.70. The van der Waals surface area contributed by atoms with Gasteiger partial charge in [0.1, 0.15) is 5.75 Å². The predicted molar refractivity (Wildman–Crippen MR) is 122 cm³/mol. The highest BCUT2D eigenvalue weighted by Crippen LogP contribution is 2.39. The maximum atomic E-state index is 5.27. The predicted octanol–water partition coefficient (Wildman–Crippen LogP) is 8.21. The quantitative estimate of drug-likeness (QED) is 0.371. The molecule has 0 aliphatic heterocycles. The minimum Gasteiger partial charge on any atom is -0.497 e. The molecule has 1 unspecified atom stereocenters. The monoisotopic (exact) mass is 380 g/mol. The molecule has 1 heteroatoms. The summed E-state index contributed by atoms with van der Waals surface area (Å²) in [5.74, 6) is 3.61. The summed E-state index contributed by atoms with van der Waals surface area (Å²) in [5.41, 5.74) is 2.67. The van der Waals surface area contributed by atoms with Crippen LogP contribution in [0.3, 0.4) is 0 Å². The zero-order chi connectivity index (χ0) is 19.6. The van der Waals surface area contributed by atoms with Crippen LogP contribution in [0.2, 0.25) is 0 Å². The van der Waals surface area contributed by atoms with E-state index in [9.17, 15) is 0 Å². The van der Waals surface area contributed by atoms with Gasteiger partial charge >= 0.3 is 0 Å². The molecule has 0 spiro atoms. The molecule has 154 valence electrons. The van der Waals surface area contributed by atoms with E-state index in [1.54, 1.807) is 7.11 Å². The number of rotatable bonds is 10. The molecule has 0 aromatic heterocycles. The largest absolute Gasteiger partial charge is 0.497 e. The lowest BCUT2D eigenvalue weighted by molar-refractivity contribution is 0.218. The molecule has 1 saturated carbocycles. The van der Waals surface area contributed by atoms with Crippen molar-refractivity contribution in [3.05, 3.63) is 48.1 Å². The van der Waals surface area contributed by atoms with Crippen LogP contribution in [0, 0.1) is 17.8 Å². The summed E-state index contributed by atoms with van der Waals surface area (Å²) in [6, 6.07) is 8.45. The van der Waals surface area contributed by atoms with Crippen molar-refractivity contribution in [3.8, 4) is 5.75 Å². The van der Waals surface area contributed by atoms with Crippen molar-refractivity contribution in [1.29, 1.82) is 0 Å². The second kappa shape index (κ2) is 11.5. The number of allylic oxidation sites excluding steroid dienone is 4. The van der Waals surface area contributed by atoms with E-state index in [2.05, 4.69) is 49.4 Å². The lowest BCUT2D eigenvalue weighted by Gasteiger charge is -2.33. The molecule has 2 aliphatic carbocycles. The molecule has 0 amide bonds. The Morgan fingerprint density at radius 3 is 2.25 bits per heavy atom. The molecule has 1 fully saturated rings. The number of benzene rings is 1. The first-order valence-electron chi connectivity index (χ1n) is 11.8. The molecule has 2 aliphatic rings. The van der Waals surface area contributed by atoms with Crippen LogP contribution in [0.5, 0.6) is 5.75 Å². The highest BCUT2D eigenvalue weighted by atomic mass is 16.5. The smallest absolute Gasteiger partial charge is 0.118 e. The van der Waals surface area contributed by atoms with Gasteiger partial charge in [-0.05, 0) is 60.3 Å². The standard InChI is InChI=1S/C27H40O/c1-3-4-5-6-7-8-9-22-10-12-23(13-11-22)24-14-16-25(17-15-24)26-18-20-27(28-2)21-19-26/h14,16-24H,3-13,15H2,1-2H3/t22-,23-,24?. The van der Waals surface area contributed by atoms with E-state index in [0.717, 1.165) is 23.5 Å². The lowest BCUT2D eigenvalue weighted by Crippen LogP contribution is -2.21. The molecule has 1 aromatic rings. The molecule has 28 heavy (non-hydrogen) atoms. The molecule has 1 aromatic carbocycles. The SMILES string of the molecule is CCCCCCCC[C@H]1CC[C@H](C2C=CC(c3ccc(OC)cc3)=CC2)CC1. The van der Waals surface area contributed by atoms with E-state index in [1.165, 1.54) is 88.2 Å². The number of hydrogen-bond donors (Lipinski definition) is 0. The fourth-order valence-corrected chi connectivity index (χ4v) is 5.10. The number of methoxy groups -OCH3 is 1. The Labute approximate surface area is 173 Å². The molecule has 0 saturated heterocycles. The van der Waals surface area contributed by atoms with Crippen molar-refractivity contribution in [2.75, 3.05) is 7.11 Å². The van der Waals surface area contributed by atoms with Crippen molar-refractivity contribution in [2.45, 2.75) is 84.0 Å². The highest BCUT2D eigenvalue weighted by Gasteiger charge is 2.26. The molecule has 1 nitrogen and oxygen atoms in total. The van der Waals surface area contributed by atoms with Gasteiger partial charge in [-0.25, -0.2) is 0 Å². The maximum Gasteiger partial charge on any atom is 0.118 e. The summed E-state index contributed by atoms with van der Waals surface area (Å²) in [4.78, 5) is 0. The minimum absolute atomic E-state index is 0.761. The van der Waals surface area contributed by atoms with Gasteiger partial charge in [-0.2, -0.15) is 0 Å². The maximum absolute atomic E-state index is 5.27. The van der Waals surface area contributed by atoms with Crippen LogP contribution in [0.15, 0.2) is 42.5 Å². The Balaban J connectivity index is 1.37. The molecule has 0 bridgehead atoms. The van der Waals surface area contributed by atoms with Crippen molar-refractivity contribution < 1.29 is 4.74 Å². The van der Waals surface area contributed by atoms with Gasteiger partial charge in [0.25, 0.3) is 0 Å². The second-order valence-electron chi connectivity index (χ2n) is 8.98. The van der Waals surface area contributed by atoms with Crippen molar-refractivity contribution in [3.63, 3.8) is 0 Å². The molecule has 0 radical (unpaired) electrons. The zero-order valence-electron chi connectivity index (χ0n) is 18.2. The number of hydrogen-bond acceptors (Lipinski definition) is 1.